The van der Waals surface area contributed by atoms with Crippen molar-refractivity contribution in [3.63, 3.8) is 0 Å². The summed E-state index contributed by atoms with van der Waals surface area (Å²) in [5.74, 6) is -1.97. The normalized spacial score (nSPS) is 19.4. The molecule has 67 heavy (non-hydrogen) atoms. The molecule has 0 saturated carbocycles. The number of unbranched alkanes of at least 4 members (excludes halogenated alkanes) is 31. The number of esters is 2. The Bertz CT molecular complexity index is 1320. The molecule has 4 N–H and O–H groups in total. The lowest BCUT2D eigenvalue weighted by Gasteiger charge is -2.40. The van der Waals surface area contributed by atoms with Crippen LogP contribution < -0.4 is 0 Å². The zero-order valence-corrected chi connectivity index (χ0v) is 43.3. The first kappa shape index (κ1) is 63.1. The van der Waals surface area contributed by atoms with Gasteiger partial charge in [-0.15, -0.1) is 0 Å². The summed E-state index contributed by atoms with van der Waals surface area (Å²) >= 11 is 0. The molecular formula is C54H100O12S. The fourth-order valence-electron chi connectivity index (χ4n) is 8.53. The Morgan fingerprint density at radius 1 is 0.507 bits per heavy atom. The first-order valence-electron chi connectivity index (χ1n) is 27.4. The van der Waals surface area contributed by atoms with E-state index in [0.717, 1.165) is 51.4 Å². The van der Waals surface area contributed by atoms with Crippen molar-refractivity contribution in [1.82, 2.24) is 0 Å². The molecule has 0 amide bonds. The highest BCUT2D eigenvalue weighted by atomic mass is 32.2. The van der Waals surface area contributed by atoms with E-state index in [1.807, 2.05) is 0 Å². The van der Waals surface area contributed by atoms with Crippen LogP contribution in [0.15, 0.2) is 24.3 Å². The second kappa shape index (κ2) is 44.1. The van der Waals surface area contributed by atoms with Crippen LogP contribution in [0, 0.1) is 0 Å². The van der Waals surface area contributed by atoms with E-state index < -0.39 is 71.2 Å². The summed E-state index contributed by atoms with van der Waals surface area (Å²) in [6.07, 6.45) is 42.1. The van der Waals surface area contributed by atoms with Gasteiger partial charge in [0.05, 0.1) is 6.61 Å². The van der Waals surface area contributed by atoms with E-state index in [1.165, 1.54) is 161 Å². The van der Waals surface area contributed by atoms with Crippen molar-refractivity contribution < 1.29 is 56.8 Å². The molecule has 12 nitrogen and oxygen atoms in total. The van der Waals surface area contributed by atoms with Crippen LogP contribution in [0.4, 0.5) is 0 Å². The molecule has 1 fully saturated rings. The molecule has 0 aromatic carbocycles. The number of hydrogen-bond acceptors (Lipinski definition) is 11. The number of carbonyl (C=O) groups excluding carboxylic acids is 2. The molecule has 1 heterocycles. The lowest BCUT2D eigenvalue weighted by Crippen LogP contribution is -2.60. The van der Waals surface area contributed by atoms with Crippen LogP contribution in [0.3, 0.4) is 0 Å². The Morgan fingerprint density at radius 2 is 0.896 bits per heavy atom. The van der Waals surface area contributed by atoms with Gasteiger partial charge in [0.2, 0.25) is 0 Å². The highest BCUT2D eigenvalue weighted by Gasteiger charge is 2.46. The van der Waals surface area contributed by atoms with E-state index >= 15 is 0 Å². The molecule has 1 saturated heterocycles. The molecule has 1 aliphatic heterocycles. The third-order valence-corrected chi connectivity index (χ3v) is 13.5. The van der Waals surface area contributed by atoms with Crippen molar-refractivity contribution in [2.24, 2.45) is 0 Å². The first-order chi connectivity index (χ1) is 32.5. The molecule has 0 aliphatic carbocycles. The maximum Gasteiger partial charge on any atom is 0.306 e. The van der Waals surface area contributed by atoms with Gasteiger partial charge in [0.25, 0.3) is 10.1 Å². The SMILES string of the molecule is CCCCC/C=C/C/C=C/CCCCCCCCCCCC(=O)O[C@H](COC(=O)CCCCCCCCCCCCCCCCCCCCCC)CO[C@H]1O[C@H](CS(=O)(=O)O)[C@@H](O)C(O)C1O. The van der Waals surface area contributed by atoms with Crippen molar-refractivity contribution in [2.45, 2.75) is 288 Å². The smallest absolute Gasteiger partial charge is 0.306 e. The molecule has 0 aromatic heterocycles. The lowest BCUT2D eigenvalue weighted by molar-refractivity contribution is -0.297. The number of aliphatic hydroxyl groups excluding tert-OH is 3. The highest BCUT2D eigenvalue weighted by molar-refractivity contribution is 7.85. The van der Waals surface area contributed by atoms with Gasteiger partial charge < -0.3 is 34.3 Å². The summed E-state index contributed by atoms with van der Waals surface area (Å²) in [6.45, 7) is 3.78. The third kappa shape index (κ3) is 38.6. The van der Waals surface area contributed by atoms with Crippen LogP contribution in [-0.2, 0) is 38.7 Å². The minimum absolute atomic E-state index is 0.163. The molecule has 0 radical (unpaired) electrons. The van der Waals surface area contributed by atoms with Gasteiger partial charge in [-0.05, 0) is 44.9 Å². The van der Waals surface area contributed by atoms with Crippen molar-refractivity contribution >= 4 is 22.1 Å². The Balaban J connectivity index is 2.33. The summed E-state index contributed by atoms with van der Waals surface area (Å²) in [7, 11) is -4.60. The van der Waals surface area contributed by atoms with Gasteiger partial charge in [0, 0.05) is 12.8 Å². The molecule has 2 unspecified atom stereocenters. The molecule has 0 aromatic rings. The van der Waals surface area contributed by atoms with Gasteiger partial charge in [-0.1, -0.05) is 218 Å². The summed E-state index contributed by atoms with van der Waals surface area (Å²) in [6, 6.07) is 0. The number of rotatable bonds is 47. The zero-order valence-electron chi connectivity index (χ0n) is 42.5. The molecule has 13 heteroatoms. The number of allylic oxidation sites excluding steroid dienone is 4. The molecule has 1 rings (SSSR count). The lowest BCUT2D eigenvalue weighted by atomic mass is 10.00. The largest absolute Gasteiger partial charge is 0.462 e. The fourth-order valence-corrected chi connectivity index (χ4v) is 9.22. The molecule has 1 aliphatic rings. The number of carbonyl (C=O) groups is 2. The quantitative estimate of drug-likeness (QED) is 0.0196. The van der Waals surface area contributed by atoms with Crippen LogP contribution >= 0.6 is 0 Å². The van der Waals surface area contributed by atoms with Gasteiger partial charge in [-0.2, -0.15) is 8.42 Å². The summed E-state index contributed by atoms with van der Waals surface area (Å²) in [4.78, 5) is 25.6. The van der Waals surface area contributed by atoms with Crippen molar-refractivity contribution in [3.8, 4) is 0 Å². The number of ether oxygens (including phenoxy) is 4. The average molecular weight is 973 g/mol. The van der Waals surface area contributed by atoms with Crippen molar-refractivity contribution in [3.05, 3.63) is 24.3 Å². The van der Waals surface area contributed by atoms with E-state index in [9.17, 15) is 37.9 Å². The monoisotopic (exact) mass is 973 g/mol. The standard InChI is InChI=1S/C54H100O12S/c1-3-5-7-9-11-13-15-17-19-21-23-25-26-28-30-32-34-36-38-40-42-49(55)63-44-47(45-64-54-53(59)52(58)51(57)48(66-54)46-67(60,61)62)65-50(56)43-41-39-37-35-33-31-29-27-24-22-20-18-16-14-12-10-8-6-4-2/h12,14,18,20,47-48,51-54,57-59H,3-11,13,15-17,19,21-46H2,1-2H3,(H,60,61,62)/b14-12+,20-18+/t47-,48-,51-,52?,53?,54+/m1/s1. The molecule has 6 atom stereocenters. The predicted molar refractivity (Wildman–Crippen MR) is 270 cm³/mol. The van der Waals surface area contributed by atoms with Gasteiger partial charge in [-0.25, -0.2) is 0 Å². The van der Waals surface area contributed by atoms with Gasteiger partial charge in [0.1, 0.15) is 36.8 Å². The number of aliphatic hydroxyl groups is 3. The third-order valence-electron chi connectivity index (χ3n) is 12.8. The molecule has 0 spiro atoms. The van der Waals surface area contributed by atoms with Crippen LogP contribution in [0.1, 0.15) is 251 Å². The zero-order chi connectivity index (χ0) is 49.1. The average Bonchev–Trinajstić information content (AvgIpc) is 3.30. The summed E-state index contributed by atoms with van der Waals surface area (Å²) < 4.78 is 54.3. The van der Waals surface area contributed by atoms with Crippen LogP contribution in [0.2, 0.25) is 0 Å². The van der Waals surface area contributed by atoms with E-state index in [4.69, 9.17) is 18.9 Å². The highest BCUT2D eigenvalue weighted by Crippen LogP contribution is 2.24. The van der Waals surface area contributed by atoms with E-state index in [2.05, 4.69) is 38.2 Å². The van der Waals surface area contributed by atoms with Gasteiger partial charge in [0.15, 0.2) is 12.4 Å². The first-order valence-corrected chi connectivity index (χ1v) is 29.0. The Morgan fingerprint density at radius 3 is 1.34 bits per heavy atom. The van der Waals surface area contributed by atoms with Gasteiger partial charge in [-0.3, -0.25) is 14.1 Å². The Labute approximate surface area is 408 Å². The van der Waals surface area contributed by atoms with Crippen LogP contribution in [-0.4, -0.2) is 96.0 Å². The predicted octanol–water partition coefficient (Wildman–Crippen LogP) is 12.7. The minimum atomic E-state index is -4.60. The second-order valence-corrected chi connectivity index (χ2v) is 20.8. The van der Waals surface area contributed by atoms with E-state index in [1.54, 1.807) is 0 Å². The molecule has 0 bridgehead atoms. The Kier molecular flexibility index (Phi) is 41.6. The second-order valence-electron chi connectivity index (χ2n) is 19.3. The van der Waals surface area contributed by atoms with Crippen LogP contribution in [0.25, 0.3) is 0 Å². The fraction of sp³-hybridized carbons (Fsp3) is 0.889. The molecular weight excluding hydrogens is 873 g/mol. The maximum absolute atomic E-state index is 12.9. The van der Waals surface area contributed by atoms with E-state index in [-0.39, 0.29) is 19.4 Å². The van der Waals surface area contributed by atoms with Crippen molar-refractivity contribution in [2.75, 3.05) is 19.0 Å². The summed E-state index contributed by atoms with van der Waals surface area (Å²) in [5.41, 5.74) is 0. The van der Waals surface area contributed by atoms with Gasteiger partial charge >= 0.3 is 11.9 Å². The molecule has 394 valence electrons. The van der Waals surface area contributed by atoms with E-state index in [0.29, 0.717) is 12.8 Å². The Hall–Kier alpha value is -1.87. The minimum Gasteiger partial charge on any atom is -0.462 e. The maximum atomic E-state index is 12.9. The van der Waals surface area contributed by atoms with Crippen LogP contribution in [0.5, 0.6) is 0 Å². The number of hydrogen-bond donors (Lipinski definition) is 4. The van der Waals surface area contributed by atoms with Crippen molar-refractivity contribution in [1.29, 1.82) is 0 Å². The summed E-state index contributed by atoms with van der Waals surface area (Å²) in [5, 5.41) is 31.0. The topological polar surface area (TPSA) is 186 Å².